The van der Waals surface area contributed by atoms with Crippen molar-refractivity contribution in [2.45, 2.75) is 13.5 Å². The summed E-state index contributed by atoms with van der Waals surface area (Å²) in [7, 11) is 0. The predicted octanol–water partition coefficient (Wildman–Crippen LogP) is 3.76. The van der Waals surface area contributed by atoms with E-state index >= 15 is 0 Å². The van der Waals surface area contributed by atoms with Crippen molar-refractivity contribution in [2.75, 3.05) is 18.5 Å². The van der Waals surface area contributed by atoms with Gasteiger partial charge in [0.1, 0.15) is 25.6 Å². The number of fused-ring (bicyclic) bond motifs is 1. The molecule has 0 atom stereocenters. The molecule has 0 aromatic heterocycles. The molecule has 5 nitrogen and oxygen atoms in total. The van der Waals surface area contributed by atoms with E-state index in [9.17, 15) is 4.79 Å². The number of ether oxygens (including phenoxy) is 3. The molecule has 1 amide bonds. The highest BCUT2D eigenvalue weighted by Gasteiger charge is 2.15. The van der Waals surface area contributed by atoms with E-state index in [1.165, 1.54) is 6.92 Å². The molecule has 1 aliphatic rings. The lowest BCUT2D eigenvalue weighted by Crippen LogP contribution is -2.15. The monoisotopic (exact) mass is 377 g/mol. The first-order valence-corrected chi connectivity index (χ1v) is 8.00. The molecule has 23 heavy (non-hydrogen) atoms. The Morgan fingerprint density at radius 2 is 1.91 bits per heavy atom. The SMILES string of the molecule is CC(=O)Nc1ccccc1OCc1cc2c(cc1Br)OCCO2. The molecule has 0 unspecified atom stereocenters. The van der Waals surface area contributed by atoms with Crippen molar-refractivity contribution in [3.63, 3.8) is 0 Å². The molecule has 0 aliphatic carbocycles. The van der Waals surface area contributed by atoms with Crippen LogP contribution < -0.4 is 19.5 Å². The number of rotatable bonds is 4. The molecular weight excluding hydrogens is 362 g/mol. The van der Waals surface area contributed by atoms with Crippen molar-refractivity contribution in [3.05, 3.63) is 46.4 Å². The topological polar surface area (TPSA) is 56.8 Å². The van der Waals surface area contributed by atoms with Crippen LogP contribution in [-0.2, 0) is 11.4 Å². The minimum Gasteiger partial charge on any atom is -0.487 e. The van der Waals surface area contributed by atoms with Crippen molar-refractivity contribution in [2.24, 2.45) is 0 Å². The average molecular weight is 378 g/mol. The van der Waals surface area contributed by atoms with Crippen molar-refractivity contribution < 1.29 is 19.0 Å². The summed E-state index contributed by atoms with van der Waals surface area (Å²) in [6.45, 7) is 2.90. The van der Waals surface area contributed by atoms with Gasteiger partial charge in [0.25, 0.3) is 0 Å². The zero-order chi connectivity index (χ0) is 16.2. The third-order valence-corrected chi connectivity index (χ3v) is 4.03. The number of nitrogens with one attached hydrogen (secondary N) is 1. The molecule has 120 valence electrons. The summed E-state index contributed by atoms with van der Waals surface area (Å²) in [5.41, 5.74) is 1.58. The first-order valence-electron chi connectivity index (χ1n) is 7.21. The van der Waals surface area contributed by atoms with Gasteiger partial charge in [-0.3, -0.25) is 4.79 Å². The van der Waals surface area contributed by atoms with Crippen LogP contribution in [0.5, 0.6) is 17.2 Å². The Bertz CT molecular complexity index is 733. The quantitative estimate of drug-likeness (QED) is 0.881. The smallest absolute Gasteiger partial charge is 0.221 e. The van der Waals surface area contributed by atoms with Gasteiger partial charge in [0.15, 0.2) is 11.5 Å². The zero-order valence-corrected chi connectivity index (χ0v) is 14.2. The fourth-order valence-corrected chi connectivity index (χ4v) is 2.69. The molecular formula is C17H16BrNO4. The lowest BCUT2D eigenvalue weighted by atomic mass is 10.2. The summed E-state index contributed by atoms with van der Waals surface area (Å²) in [6, 6.07) is 11.1. The fraction of sp³-hybridized carbons (Fsp3) is 0.235. The summed E-state index contributed by atoms with van der Waals surface area (Å²) in [6.07, 6.45) is 0. The van der Waals surface area contributed by atoms with E-state index in [0.29, 0.717) is 37.0 Å². The van der Waals surface area contributed by atoms with Gasteiger partial charge in [-0.05, 0) is 24.3 Å². The number of amides is 1. The number of benzene rings is 2. The van der Waals surface area contributed by atoms with E-state index in [-0.39, 0.29) is 5.91 Å². The highest BCUT2D eigenvalue weighted by Crippen LogP contribution is 2.36. The second-order valence-corrected chi connectivity index (χ2v) is 5.91. The standard InChI is InChI=1S/C17H16BrNO4/c1-11(20)19-14-4-2-3-5-15(14)23-10-12-8-16-17(9-13(12)18)22-7-6-21-16/h2-5,8-9H,6-7,10H2,1H3,(H,19,20). The van der Waals surface area contributed by atoms with Crippen LogP contribution in [0.2, 0.25) is 0 Å². The molecule has 0 radical (unpaired) electrons. The van der Waals surface area contributed by atoms with E-state index < -0.39 is 0 Å². The molecule has 1 heterocycles. The highest BCUT2D eigenvalue weighted by atomic mass is 79.9. The average Bonchev–Trinajstić information content (AvgIpc) is 2.53. The van der Waals surface area contributed by atoms with Crippen LogP contribution in [-0.4, -0.2) is 19.1 Å². The van der Waals surface area contributed by atoms with Gasteiger partial charge >= 0.3 is 0 Å². The molecule has 3 rings (SSSR count). The van der Waals surface area contributed by atoms with E-state index in [0.717, 1.165) is 15.8 Å². The molecule has 0 spiro atoms. The Kier molecular flexibility index (Phi) is 4.71. The Morgan fingerprint density at radius 3 is 2.65 bits per heavy atom. The lowest BCUT2D eigenvalue weighted by molar-refractivity contribution is -0.114. The number of carbonyl (C=O) groups is 1. The molecule has 0 saturated heterocycles. The maximum atomic E-state index is 11.2. The van der Waals surface area contributed by atoms with Crippen LogP contribution in [0.25, 0.3) is 0 Å². The van der Waals surface area contributed by atoms with Gasteiger partial charge in [0.05, 0.1) is 5.69 Å². The van der Waals surface area contributed by atoms with Crippen molar-refractivity contribution in [3.8, 4) is 17.2 Å². The van der Waals surface area contributed by atoms with Crippen LogP contribution in [0, 0.1) is 0 Å². The minimum atomic E-state index is -0.137. The lowest BCUT2D eigenvalue weighted by Gasteiger charge is -2.20. The normalized spacial score (nSPS) is 12.6. The Morgan fingerprint density at radius 1 is 1.22 bits per heavy atom. The molecule has 1 aliphatic heterocycles. The maximum absolute atomic E-state index is 11.2. The van der Waals surface area contributed by atoms with Gasteiger partial charge in [-0.25, -0.2) is 0 Å². The summed E-state index contributed by atoms with van der Waals surface area (Å²) in [5.74, 6) is 1.92. The number of hydrogen-bond donors (Lipinski definition) is 1. The van der Waals surface area contributed by atoms with E-state index in [1.807, 2.05) is 30.3 Å². The minimum absolute atomic E-state index is 0.137. The number of anilines is 1. The fourth-order valence-electron chi connectivity index (χ4n) is 2.26. The summed E-state index contributed by atoms with van der Waals surface area (Å²) < 4.78 is 17.9. The highest BCUT2D eigenvalue weighted by molar-refractivity contribution is 9.10. The van der Waals surface area contributed by atoms with Crippen LogP contribution >= 0.6 is 15.9 Å². The number of carbonyl (C=O) groups excluding carboxylic acids is 1. The second kappa shape index (κ2) is 6.91. The van der Waals surface area contributed by atoms with Gasteiger partial charge in [0, 0.05) is 17.0 Å². The number of hydrogen-bond acceptors (Lipinski definition) is 4. The Hall–Kier alpha value is -2.21. The van der Waals surface area contributed by atoms with Crippen LogP contribution in [0.1, 0.15) is 12.5 Å². The van der Waals surface area contributed by atoms with Crippen molar-refractivity contribution in [1.29, 1.82) is 0 Å². The summed E-state index contributed by atoms with van der Waals surface area (Å²) in [5, 5.41) is 2.75. The Balaban J connectivity index is 1.77. The zero-order valence-electron chi connectivity index (χ0n) is 12.6. The van der Waals surface area contributed by atoms with Gasteiger partial charge in [-0.2, -0.15) is 0 Å². The largest absolute Gasteiger partial charge is 0.487 e. The van der Waals surface area contributed by atoms with Crippen molar-refractivity contribution in [1.82, 2.24) is 0 Å². The summed E-state index contributed by atoms with van der Waals surface area (Å²) in [4.78, 5) is 11.2. The Labute approximate surface area is 142 Å². The molecule has 0 bridgehead atoms. The molecule has 1 N–H and O–H groups in total. The van der Waals surface area contributed by atoms with E-state index in [2.05, 4.69) is 21.2 Å². The van der Waals surface area contributed by atoms with Crippen LogP contribution in [0.4, 0.5) is 5.69 Å². The second-order valence-electron chi connectivity index (χ2n) is 5.05. The first-order chi connectivity index (χ1) is 11.1. The van der Waals surface area contributed by atoms with Gasteiger partial charge in [-0.15, -0.1) is 0 Å². The van der Waals surface area contributed by atoms with Crippen LogP contribution in [0.15, 0.2) is 40.9 Å². The van der Waals surface area contributed by atoms with Gasteiger partial charge in [0.2, 0.25) is 5.91 Å². The predicted molar refractivity (Wildman–Crippen MR) is 90.2 cm³/mol. The molecule has 2 aromatic carbocycles. The first kappa shape index (κ1) is 15.7. The van der Waals surface area contributed by atoms with E-state index in [1.54, 1.807) is 6.07 Å². The molecule has 6 heteroatoms. The van der Waals surface area contributed by atoms with Crippen LogP contribution in [0.3, 0.4) is 0 Å². The molecule has 0 saturated carbocycles. The van der Waals surface area contributed by atoms with Gasteiger partial charge < -0.3 is 19.5 Å². The number of halogens is 1. The molecule has 2 aromatic rings. The third kappa shape index (κ3) is 3.76. The third-order valence-electron chi connectivity index (χ3n) is 3.29. The molecule has 0 fully saturated rings. The van der Waals surface area contributed by atoms with E-state index in [4.69, 9.17) is 14.2 Å². The summed E-state index contributed by atoms with van der Waals surface area (Å²) >= 11 is 3.52. The van der Waals surface area contributed by atoms with Crippen molar-refractivity contribution >= 4 is 27.5 Å². The number of para-hydroxylation sites is 2. The van der Waals surface area contributed by atoms with Gasteiger partial charge in [-0.1, -0.05) is 28.1 Å². The maximum Gasteiger partial charge on any atom is 0.221 e.